The summed E-state index contributed by atoms with van der Waals surface area (Å²) in [7, 11) is 1.75. The molecule has 0 aromatic rings. The van der Waals surface area contributed by atoms with Gasteiger partial charge in [-0.25, -0.2) is 0 Å². The summed E-state index contributed by atoms with van der Waals surface area (Å²) in [5.41, 5.74) is -0.161. The Balaban J connectivity index is 2.63. The first-order valence-electron chi connectivity index (χ1n) is 3.89. The molecule has 1 N–H and O–H groups in total. The lowest BCUT2D eigenvalue weighted by Crippen LogP contribution is -2.25. The summed E-state index contributed by atoms with van der Waals surface area (Å²) in [6, 6.07) is 0. The van der Waals surface area contributed by atoms with Gasteiger partial charge in [-0.2, -0.15) is 0 Å². The van der Waals surface area contributed by atoms with Crippen molar-refractivity contribution in [2.75, 3.05) is 6.61 Å². The van der Waals surface area contributed by atoms with Crippen LogP contribution >= 0.6 is 20.5 Å². The summed E-state index contributed by atoms with van der Waals surface area (Å²) in [6.45, 7) is 6.92. The van der Waals surface area contributed by atoms with E-state index in [1.54, 1.807) is 10.8 Å². The summed E-state index contributed by atoms with van der Waals surface area (Å²) >= 11 is 0. The molecule has 0 aromatic carbocycles. The molecule has 0 spiro atoms. The van der Waals surface area contributed by atoms with Crippen molar-refractivity contribution < 1.29 is 4.74 Å². The smallest absolute Gasteiger partial charge is 0.0956 e. The number of hydrogen-bond donors (Lipinski definition) is 1. The quantitative estimate of drug-likeness (QED) is 0.565. The molecule has 0 aliphatic carbocycles. The molecule has 0 bridgehead atoms. The van der Waals surface area contributed by atoms with Gasteiger partial charge in [0.25, 0.3) is 0 Å². The standard InChI is InChI=1S/C8H15NOS2/c1-5-10-8(2,3)7-6-9-12(4)11-7/h6,9H,4-5H2,1-3H3. The molecule has 0 saturated carbocycles. The zero-order chi connectivity index (χ0) is 9.19. The molecule has 1 heterocycles. The maximum absolute atomic E-state index is 5.61. The molecule has 0 radical (unpaired) electrons. The molecule has 70 valence electrons. The monoisotopic (exact) mass is 205 g/mol. The Morgan fingerprint density at radius 1 is 1.75 bits per heavy atom. The Morgan fingerprint density at radius 2 is 2.42 bits per heavy atom. The summed E-state index contributed by atoms with van der Waals surface area (Å²) in [4.78, 5) is 1.24. The van der Waals surface area contributed by atoms with Gasteiger partial charge in [-0.05, 0) is 47.1 Å². The van der Waals surface area contributed by atoms with E-state index in [0.717, 1.165) is 6.61 Å². The van der Waals surface area contributed by atoms with Gasteiger partial charge >= 0.3 is 0 Å². The van der Waals surface area contributed by atoms with E-state index in [-0.39, 0.29) is 15.3 Å². The van der Waals surface area contributed by atoms with E-state index >= 15 is 0 Å². The van der Waals surface area contributed by atoms with Crippen molar-refractivity contribution >= 4 is 26.4 Å². The minimum Gasteiger partial charge on any atom is -0.371 e. The lowest BCUT2D eigenvalue weighted by atomic mass is 10.1. The second-order valence-electron chi connectivity index (χ2n) is 3.00. The molecule has 2 nitrogen and oxygen atoms in total. The Labute approximate surface area is 80.2 Å². The summed E-state index contributed by atoms with van der Waals surface area (Å²) in [5, 5.41) is 0. The van der Waals surface area contributed by atoms with Crippen LogP contribution in [0.25, 0.3) is 0 Å². The highest BCUT2D eigenvalue weighted by Gasteiger charge is 2.27. The van der Waals surface area contributed by atoms with Crippen LogP contribution in [0.5, 0.6) is 0 Å². The fourth-order valence-electron chi connectivity index (χ4n) is 0.982. The third-order valence-electron chi connectivity index (χ3n) is 1.61. The summed E-state index contributed by atoms with van der Waals surface area (Å²) < 4.78 is 8.78. The van der Waals surface area contributed by atoms with Gasteiger partial charge in [0.05, 0.1) is 5.60 Å². The zero-order valence-corrected chi connectivity index (χ0v) is 9.35. The molecule has 12 heavy (non-hydrogen) atoms. The Morgan fingerprint density at radius 3 is 2.83 bits per heavy atom. The van der Waals surface area contributed by atoms with Crippen LogP contribution in [0.15, 0.2) is 11.1 Å². The predicted molar refractivity (Wildman–Crippen MR) is 59.2 cm³/mol. The average molecular weight is 205 g/mol. The van der Waals surface area contributed by atoms with Crippen molar-refractivity contribution in [2.45, 2.75) is 26.4 Å². The molecule has 1 rings (SSSR count). The van der Waals surface area contributed by atoms with Gasteiger partial charge < -0.3 is 9.46 Å². The first kappa shape index (κ1) is 10.2. The largest absolute Gasteiger partial charge is 0.371 e. The topological polar surface area (TPSA) is 21.3 Å². The highest BCUT2D eigenvalue weighted by Crippen LogP contribution is 2.44. The van der Waals surface area contributed by atoms with Crippen molar-refractivity contribution in [3.63, 3.8) is 0 Å². The first-order valence-corrected chi connectivity index (χ1v) is 6.62. The predicted octanol–water partition coefficient (Wildman–Crippen LogP) is 2.51. The maximum Gasteiger partial charge on any atom is 0.0956 e. The van der Waals surface area contributed by atoms with E-state index in [2.05, 4.69) is 24.4 Å². The van der Waals surface area contributed by atoms with Gasteiger partial charge in [-0.1, -0.05) is 0 Å². The van der Waals surface area contributed by atoms with E-state index < -0.39 is 0 Å². The molecule has 1 aliphatic rings. The van der Waals surface area contributed by atoms with E-state index in [1.165, 1.54) is 4.91 Å². The average Bonchev–Trinajstić information content (AvgIpc) is 2.36. The van der Waals surface area contributed by atoms with Gasteiger partial charge in [0.1, 0.15) is 0 Å². The number of hydrogen-bond acceptors (Lipinski definition) is 3. The lowest BCUT2D eigenvalue weighted by molar-refractivity contribution is 0.0256. The van der Waals surface area contributed by atoms with Crippen molar-refractivity contribution in [1.82, 2.24) is 4.72 Å². The zero-order valence-electron chi connectivity index (χ0n) is 7.72. The molecule has 1 aliphatic heterocycles. The van der Waals surface area contributed by atoms with Crippen molar-refractivity contribution in [3.8, 4) is 0 Å². The molecule has 1 unspecified atom stereocenters. The van der Waals surface area contributed by atoms with Gasteiger partial charge in [0.2, 0.25) is 0 Å². The fourth-order valence-corrected chi connectivity index (χ4v) is 3.62. The Hall–Kier alpha value is 0.0700. The third kappa shape index (κ3) is 2.28. The number of rotatable bonds is 3. The SMILES string of the molecule is C=S1NC=C(C(C)(C)OCC)S1. The van der Waals surface area contributed by atoms with Crippen LogP contribution in [0.1, 0.15) is 20.8 Å². The van der Waals surface area contributed by atoms with Crippen LogP contribution in [0.2, 0.25) is 0 Å². The molecule has 0 aromatic heterocycles. The van der Waals surface area contributed by atoms with E-state index in [1.807, 2.05) is 13.1 Å². The number of ether oxygens (including phenoxy) is 1. The molecular formula is C8H15NOS2. The number of nitrogens with one attached hydrogen (secondary N) is 1. The minimum absolute atomic E-state index is 0.00891. The van der Waals surface area contributed by atoms with Gasteiger partial charge in [-0.15, -0.1) is 0 Å². The lowest BCUT2D eigenvalue weighted by Gasteiger charge is -2.24. The highest BCUT2D eigenvalue weighted by atomic mass is 33.1. The minimum atomic E-state index is -0.161. The molecule has 1 atom stereocenters. The Bertz CT molecular complexity index is 223. The molecule has 4 heteroatoms. The van der Waals surface area contributed by atoms with Crippen molar-refractivity contribution in [3.05, 3.63) is 11.1 Å². The first-order chi connectivity index (χ1) is 5.56. The second kappa shape index (κ2) is 3.85. The van der Waals surface area contributed by atoms with E-state index in [9.17, 15) is 0 Å². The molecule has 0 saturated heterocycles. The van der Waals surface area contributed by atoms with Crippen molar-refractivity contribution in [1.29, 1.82) is 0 Å². The summed E-state index contributed by atoms with van der Waals surface area (Å²) in [5.74, 6) is 3.93. The van der Waals surface area contributed by atoms with Crippen LogP contribution in [0.3, 0.4) is 0 Å². The summed E-state index contributed by atoms with van der Waals surface area (Å²) in [6.07, 6.45) is 2.01. The van der Waals surface area contributed by atoms with Gasteiger partial charge in [0.15, 0.2) is 0 Å². The van der Waals surface area contributed by atoms with E-state index in [0.29, 0.717) is 0 Å². The molecular weight excluding hydrogens is 190 g/mol. The normalized spacial score (nSPS) is 23.6. The Kier molecular flexibility index (Phi) is 3.26. The molecule has 0 fully saturated rings. The highest BCUT2D eigenvalue weighted by molar-refractivity contribution is 8.84. The molecule has 0 amide bonds. The van der Waals surface area contributed by atoms with E-state index in [4.69, 9.17) is 4.74 Å². The maximum atomic E-state index is 5.61. The van der Waals surface area contributed by atoms with Crippen LogP contribution in [0.4, 0.5) is 0 Å². The van der Waals surface area contributed by atoms with Crippen LogP contribution in [-0.4, -0.2) is 18.1 Å². The van der Waals surface area contributed by atoms with Crippen LogP contribution < -0.4 is 4.72 Å². The van der Waals surface area contributed by atoms with Crippen LogP contribution in [0, 0.1) is 0 Å². The van der Waals surface area contributed by atoms with Crippen LogP contribution in [-0.2, 0) is 4.74 Å². The second-order valence-corrected chi connectivity index (χ2v) is 6.24. The van der Waals surface area contributed by atoms with Crippen molar-refractivity contribution in [2.24, 2.45) is 0 Å². The fraction of sp³-hybridized carbons (Fsp3) is 0.625. The van der Waals surface area contributed by atoms with Gasteiger partial charge in [0, 0.05) is 17.7 Å². The van der Waals surface area contributed by atoms with Gasteiger partial charge in [-0.3, -0.25) is 0 Å². The third-order valence-corrected chi connectivity index (χ3v) is 4.41.